The molecule has 0 saturated heterocycles. The van der Waals surface area contributed by atoms with Crippen LogP contribution in [0.1, 0.15) is 51.6 Å². The molecule has 0 unspecified atom stereocenters. The molecule has 1 aromatic carbocycles. The van der Waals surface area contributed by atoms with Crippen molar-refractivity contribution in [3.05, 3.63) is 41.3 Å². The van der Waals surface area contributed by atoms with Gasteiger partial charge in [0.05, 0.1) is 18.2 Å². The predicted molar refractivity (Wildman–Crippen MR) is 96.9 cm³/mol. The molecule has 1 heterocycles. The zero-order chi connectivity index (χ0) is 18.8. The number of rotatable bonds is 4. The minimum absolute atomic E-state index is 0.0838. The fourth-order valence-electron chi connectivity index (χ4n) is 2.40. The third-order valence-corrected chi connectivity index (χ3v) is 3.95. The van der Waals surface area contributed by atoms with Gasteiger partial charge < -0.3 is 9.73 Å². The molecule has 0 bridgehead atoms. The van der Waals surface area contributed by atoms with Crippen LogP contribution in [-0.2, 0) is 16.6 Å². The summed E-state index contributed by atoms with van der Waals surface area (Å²) in [6.07, 6.45) is 0.0838. The van der Waals surface area contributed by atoms with E-state index in [1.807, 2.05) is 18.2 Å². The first kappa shape index (κ1) is 18.7. The summed E-state index contributed by atoms with van der Waals surface area (Å²) in [5, 5.41) is 11.7. The second-order valence-corrected chi connectivity index (χ2v) is 7.81. The highest BCUT2D eigenvalue weighted by Gasteiger charge is 2.22. The van der Waals surface area contributed by atoms with Crippen LogP contribution < -0.4 is 5.32 Å². The lowest BCUT2D eigenvalue weighted by Crippen LogP contribution is -2.42. The van der Waals surface area contributed by atoms with Crippen LogP contribution in [0.3, 0.4) is 0 Å². The lowest BCUT2D eigenvalue weighted by Gasteiger charge is -2.18. The average Bonchev–Trinajstić information content (AvgIpc) is 2.87. The quantitative estimate of drug-likeness (QED) is 0.916. The van der Waals surface area contributed by atoms with E-state index in [1.54, 1.807) is 20.8 Å². The molecule has 5 heteroatoms. The van der Waals surface area contributed by atoms with Crippen LogP contribution in [0.15, 0.2) is 28.7 Å². The number of aromatic nitrogens is 1. The summed E-state index contributed by atoms with van der Waals surface area (Å²) in [4.78, 5) is 16.6. The van der Waals surface area contributed by atoms with Crippen molar-refractivity contribution in [1.82, 2.24) is 10.3 Å². The zero-order valence-electron chi connectivity index (χ0n) is 15.7. The van der Waals surface area contributed by atoms with Crippen molar-refractivity contribution in [2.45, 2.75) is 58.9 Å². The third kappa shape index (κ3) is 4.69. The van der Waals surface area contributed by atoms with Gasteiger partial charge >= 0.3 is 0 Å². The van der Waals surface area contributed by atoms with Gasteiger partial charge in [-0.1, -0.05) is 32.9 Å². The first-order valence-corrected chi connectivity index (χ1v) is 8.31. The number of carbonyl (C=O) groups excluding carboxylic acids is 1. The van der Waals surface area contributed by atoms with Crippen LogP contribution in [0.5, 0.6) is 0 Å². The van der Waals surface area contributed by atoms with E-state index < -0.39 is 5.54 Å². The van der Waals surface area contributed by atoms with E-state index in [1.165, 1.54) is 5.56 Å². The van der Waals surface area contributed by atoms with Crippen LogP contribution in [0.2, 0.25) is 0 Å². The summed E-state index contributed by atoms with van der Waals surface area (Å²) in [6, 6.07) is 10.1. The molecule has 132 valence electrons. The summed E-state index contributed by atoms with van der Waals surface area (Å²) in [5.74, 6) is 0.859. The zero-order valence-corrected chi connectivity index (χ0v) is 15.7. The van der Waals surface area contributed by atoms with Crippen molar-refractivity contribution >= 4 is 5.91 Å². The fourth-order valence-corrected chi connectivity index (χ4v) is 2.40. The highest BCUT2D eigenvalue weighted by atomic mass is 16.4. The van der Waals surface area contributed by atoms with Crippen molar-refractivity contribution in [2.75, 3.05) is 0 Å². The van der Waals surface area contributed by atoms with E-state index in [2.05, 4.69) is 43.2 Å². The molecular formula is C20H25N3O2. The maximum Gasteiger partial charge on any atom is 0.227 e. The van der Waals surface area contributed by atoms with Gasteiger partial charge in [0.15, 0.2) is 0 Å². The molecule has 0 aliphatic rings. The summed E-state index contributed by atoms with van der Waals surface area (Å²) >= 11 is 0. The number of hydrogen-bond donors (Lipinski definition) is 1. The van der Waals surface area contributed by atoms with E-state index in [0.717, 1.165) is 5.56 Å². The maximum atomic E-state index is 12.1. The van der Waals surface area contributed by atoms with Gasteiger partial charge in [-0.25, -0.2) is 4.98 Å². The lowest BCUT2D eigenvalue weighted by atomic mass is 9.87. The van der Waals surface area contributed by atoms with Crippen LogP contribution in [0.25, 0.3) is 11.5 Å². The molecule has 0 aliphatic heterocycles. The Hall–Kier alpha value is -2.61. The molecule has 1 amide bonds. The lowest BCUT2D eigenvalue weighted by molar-refractivity contribution is -0.121. The van der Waals surface area contributed by atoms with Gasteiger partial charge in [-0.3, -0.25) is 4.79 Å². The van der Waals surface area contributed by atoms with Crippen molar-refractivity contribution in [2.24, 2.45) is 0 Å². The summed E-state index contributed by atoms with van der Waals surface area (Å²) < 4.78 is 5.73. The monoisotopic (exact) mass is 339 g/mol. The Balaban J connectivity index is 2.17. The Morgan fingerprint density at radius 3 is 2.32 bits per heavy atom. The molecule has 0 aliphatic carbocycles. The van der Waals surface area contributed by atoms with Crippen LogP contribution in [0, 0.1) is 18.3 Å². The Morgan fingerprint density at radius 2 is 1.80 bits per heavy atom. The Labute approximate surface area is 149 Å². The second-order valence-electron chi connectivity index (χ2n) is 7.81. The highest BCUT2D eigenvalue weighted by Crippen LogP contribution is 2.27. The van der Waals surface area contributed by atoms with Crippen LogP contribution in [0.4, 0.5) is 0 Å². The van der Waals surface area contributed by atoms with Gasteiger partial charge in [-0.05, 0) is 43.9 Å². The molecule has 0 spiro atoms. The van der Waals surface area contributed by atoms with E-state index in [-0.39, 0.29) is 17.7 Å². The Morgan fingerprint density at radius 1 is 1.20 bits per heavy atom. The predicted octanol–water partition coefficient (Wildman–Crippen LogP) is 3.91. The Kier molecular flexibility index (Phi) is 5.03. The largest absolute Gasteiger partial charge is 0.441 e. The molecule has 0 fully saturated rings. The number of nitrogens with zero attached hydrogens (tertiary/aromatic N) is 2. The van der Waals surface area contributed by atoms with E-state index in [0.29, 0.717) is 17.3 Å². The van der Waals surface area contributed by atoms with Gasteiger partial charge in [-0.2, -0.15) is 5.26 Å². The summed E-state index contributed by atoms with van der Waals surface area (Å²) in [6.45, 7) is 11.6. The second kappa shape index (κ2) is 6.72. The molecule has 2 rings (SSSR count). The van der Waals surface area contributed by atoms with Crippen LogP contribution >= 0.6 is 0 Å². The van der Waals surface area contributed by atoms with E-state index in [4.69, 9.17) is 9.68 Å². The number of nitrogens with one attached hydrogen (secondary N) is 1. The molecule has 0 saturated carbocycles. The van der Waals surface area contributed by atoms with Crippen molar-refractivity contribution in [3.8, 4) is 17.5 Å². The van der Waals surface area contributed by atoms with Gasteiger partial charge in [0.1, 0.15) is 11.3 Å². The number of hydrogen-bond acceptors (Lipinski definition) is 4. The normalized spacial score (nSPS) is 11.9. The minimum atomic E-state index is -0.902. The minimum Gasteiger partial charge on any atom is -0.441 e. The van der Waals surface area contributed by atoms with E-state index >= 15 is 0 Å². The molecule has 25 heavy (non-hydrogen) atoms. The number of benzene rings is 1. The first-order chi connectivity index (χ1) is 11.5. The van der Waals surface area contributed by atoms with Gasteiger partial charge in [0.2, 0.25) is 11.8 Å². The van der Waals surface area contributed by atoms with Crippen molar-refractivity contribution in [1.29, 1.82) is 5.26 Å². The number of aryl methyl sites for hydroxylation is 1. The fraction of sp³-hybridized carbons (Fsp3) is 0.450. The summed E-state index contributed by atoms with van der Waals surface area (Å²) in [5.41, 5.74) is 1.88. The third-order valence-electron chi connectivity index (χ3n) is 3.95. The SMILES string of the molecule is Cc1oc(-c2ccc(C(C)(C)C)cc2)nc1CC(=O)NC(C)(C)C#N. The molecule has 1 aromatic heterocycles. The first-order valence-electron chi connectivity index (χ1n) is 8.31. The van der Waals surface area contributed by atoms with Gasteiger partial charge in [0, 0.05) is 5.56 Å². The molecular weight excluding hydrogens is 314 g/mol. The van der Waals surface area contributed by atoms with Crippen molar-refractivity contribution in [3.63, 3.8) is 0 Å². The molecule has 0 radical (unpaired) electrons. The highest BCUT2D eigenvalue weighted by molar-refractivity contribution is 5.79. The standard InChI is InChI=1S/C20H25N3O2/c1-13-16(11-17(24)23-20(5,6)12-21)22-18(25-13)14-7-9-15(10-8-14)19(2,3)4/h7-10H,11H2,1-6H3,(H,23,24). The number of oxazole rings is 1. The topological polar surface area (TPSA) is 78.9 Å². The summed E-state index contributed by atoms with van der Waals surface area (Å²) in [7, 11) is 0. The molecule has 0 atom stereocenters. The molecule has 2 aromatic rings. The maximum absolute atomic E-state index is 12.1. The Bertz CT molecular complexity index is 803. The van der Waals surface area contributed by atoms with E-state index in [9.17, 15) is 4.79 Å². The molecule has 5 nitrogen and oxygen atoms in total. The molecule has 1 N–H and O–H groups in total. The van der Waals surface area contributed by atoms with Crippen LogP contribution in [-0.4, -0.2) is 16.4 Å². The van der Waals surface area contributed by atoms with Crippen molar-refractivity contribution < 1.29 is 9.21 Å². The smallest absolute Gasteiger partial charge is 0.227 e. The average molecular weight is 339 g/mol. The van der Waals surface area contributed by atoms with Gasteiger partial charge in [-0.15, -0.1) is 0 Å². The number of amides is 1. The number of nitriles is 1. The van der Waals surface area contributed by atoms with Gasteiger partial charge in [0.25, 0.3) is 0 Å². The number of carbonyl (C=O) groups is 1.